The van der Waals surface area contributed by atoms with Crippen LogP contribution in [0.3, 0.4) is 0 Å². The number of carboxylic acid groups (broad SMARTS) is 1. The Morgan fingerprint density at radius 3 is 1.70 bits per heavy atom. The third-order valence-electron chi connectivity index (χ3n) is 2.76. The monoisotopic (exact) mass is 286 g/mol. The lowest BCUT2D eigenvalue weighted by Gasteiger charge is -2.28. The molecule has 1 atom stereocenters. The third kappa shape index (κ3) is 8.02. The number of urea groups is 1. The molecule has 0 aliphatic carbocycles. The van der Waals surface area contributed by atoms with Crippen LogP contribution in [-0.4, -0.2) is 41.1 Å². The van der Waals surface area contributed by atoms with E-state index in [1.807, 2.05) is 41.5 Å². The molecule has 0 fully saturated rings. The number of amides is 2. The van der Waals surface area contributed by atoms with Crippen LogP contribution in [0.2, 0.25) is 0 Å². The van der Waals surface area contributed by atoms with E-state index in [0.717, 1.165) is 0 Å². The first-order valence-corrected chi connectivity index (χ1v) is 7.41. The Labute approximate surface area is 122 Å². The van der Waals surface area contributed by atoms with Gasteiger partial charge in [-0.05, 0) is 24.2 Å². The molecule has 0 aromatic heterocycles. The first-order chi connectivity index (χ1) is 9.13. The minimum atomic E-state index is -0.971. The predicted octanol–water partition coefficient (Wildman–Crippen LogP) is 2.81. The summed E-state index contributed by atoms with van der Waals surface area (Å²) >= 11 is 0. The molecule has 5 heteroatoms. The second-order valence-electron chi connectivity index (χ2n) is 6.66. The van der Waals surface area contributed by atoms with Gasteiger partial charge < -0.3 is 15.3 Å². The van der Waals surface area contributed by atoms with E-state index in [9.17, 15) is 14.7 Å². The molecule has 0 bridgehead atoms. The SMILES string of the molecule is CC(C)C[C@H](NC(=O)N(CC(C)C)CC(C)C)C(=O)O. The summed E-state index contributed by atoms with van der Waals surface area (Å²) in [5.41, 5.74) is 0. The van der Waals surface area contributed by atoms with Crippen LogP contribution in [0.5, 0.6) is 0 Å². The molecule has 0 saturated heterocycles. The minimum absolute atomic E-state index is 0.222. The zero-order valence-electron chi connectivity index (χ0n) is 13.6. The van der Waals surface area contributed by atoms with Gasteiger partial charge in [-0.25, -0.2) is 9.59 Å². The molecular formula is C15H30N2O3. The number of rotatable bonds is 8. The number of hydrogen-bond donors (Lipinski definition) is 2. The molecule has 20 heavy (non-hydrogen) atoms. The van der Waals surface area contributed by atoms with Crippen LogP contribution in [0.4, 0.5) is 4.79 Å². The van der Waals surface area contributed by atoms with Crippen molar-refractivity contribution in [1.82, 2.24) is 10.2 Å². The molecule has 2 amide bonds. The Morgan fingerprint density at radius 2 is 1.40 bits per heavy atom. The van der Waals surface area contributed by atoms with Gasteiger partial charge in [0.05, 0.1) is 0 Å². The van der Waals surface area contributed by atoms with E-state index in [2.05, 4.69) is 5.32 Å². The zero-order valence-corrected chi connectivity index (χ0v) is 13.6. The maximum absolute atomic E-state index is 12.3. The normalized spacial score (nSPS) is 12.8. The highest BCUT2D eigenvalue weighted by Gasteiger charge is 2.24. The third-order valence-corrected chi connectivity index (χ3v) is 2.76. The highest BCUT2D eigenvalue weighted by Crippen LogP contribution is 2.08. The van der Waals surface area contributed by atoms with E-state index in [1.165, 1.54) is 0 Å². The summed E-state index contributed by atoms with van der Waals surface area (Å²) in [6.45, 7) is 13.3. The molecule has 0 spiro atoms. The Kier molecular flexibility index (Phi) is 8.26. The molecule has 0 rings (SSSR count). The largest absolute Gasteiger partial charge is 0.480 e. The van der Waals surface area contributed by atoms with Gasteiger partial charge in [-0.15, -0.1) is 0 Å². The smallest absolute Gasteiger partial charge is 0.326 e. The summed E-state index contributed by atoms with van der Waals surface area (Å²) in [6.07, 6.45) is 0.443. The van der Waals surface area contributed by atoms with Gasteiger partial charge in [0.1, 0.15) is 6.04 Å². The Hall–Kier alpha value is -1.26. The van der Waals surface area contributed by atoms with Crippen molar-refractivity contribution in [2.45, 2.75) is 54.0 Å². The molecule has 0 unspecified atom stereocenters. The predicted molar refractivity (Wildman–Crippen MR) is 80.7 cm³/mol. The molecule has 0 aromatic carbocycles. The molecule has 2 N–H and O–H groups in total. The standard InChI is InChI=1S/C15H30N2O3/c1-10(2)7-13(14(18)19)16-15(20)17(8-11(3)4)9-12(5)6/h10-13H,7-9H2,1-6H3,(H,16,20)(H,18,19)/t13-/m0/s1. The van der Waals surface area contributed by atoms with Crippen LogP contribution in [-0.2, 0) is 4.79 Å². The van der Waals surface area contributed by atoms with Gasteiger partial charge >= 0.3 is 12.0 Å². The summed E-state index contributed by atoms with van der Waals surface area (Å²) in [5.74, 6) is -0.0399. The highest BCUT2D eigenvalue weighted by molar-refractivity contribution is 5.82. The minimum Gasteiger partial charge on any atom is -0.480 e. The van der Waals surface area contributed by atoms with Crippen molar-refractivity contribution in [2.24, 2.45) is 17.8 Å². The van der Waals surface area contributed by atoms with Crippen molar-refractivity contribution in [3.05, 3.63) is 0 Å². The molecule has 0 saturated carbocycles. The molecule has 0 aliphatic rings. The Bertz CT molecular complexity index is 304. The van der Waals surface area contributed by atoms with Crippen molar-refractivity contribution in [3.8, 4) is 0 Å². The van der Waals surface area contributed by atoms with E-state index in [0.29, 0.717) is 31.3 Å². The van der Waals surface area contributed by atoms with Gasteiger partial charge in [-0.3, -0.25) is 0 Å². The van der Waals surface area contributed by atoms with Crippen LogP contribution in [0.1, 0.15) is 48.0 Å². The summed E-state index contributed by atoms with van der Waals surface area (Å²) in [6, 6.07) is -1.09. The summed E-state index contributed by atoms with van der Waals surface area (Å²) in [5, 5.41) is 11.8. The van der Waals surface area contributed by atoms with E-state index in [1.54, 1.807) is 4.90 Å². The molecular weight excluding hydrogens is 256 g/mol. The van der Waals surface area contributed by atoms with Crippen molar-refractivity contribution < 1.29 is 14.7 Å². The molecule has 5 nitrogen and oxygen atoms in total. The van der Waals surface area contributed by atoms with Gasteiger partial charge in [0.25, 0.3) is 0 Å². The van der Waals surface area contributed by atoms with Gasteiger partial charge in [0.2, 0.25) is 0 Å². The summed E-state index contributed by atoms with van der Waals surface area (Å²) < 4.78 is 0. The Balaban J connectivity index is 4.73. The molecule has 0 radical (unpaired) electrons. The van der Waals surface area contributed by atoms with Crippen molar-refractivity contribution >= 4 is 12.0 Å². The lowest BCUT2D eigenvalue weighted by molar-refractivity contribution is -0.139. The van der Waals surface area contributed by atoms with Crippen LogP contribution in [0.25, 0.3) is 0 Å². The van der Waals surface area contributed by atoms with Crippen LogP contribution in [0, 0.1) is 17.8 Å². The first-order valence-electron chi connectivity index (χ1n) is 7.41. The van der Waals surface area contributed by atoms with Crippen LogP contribution >= 0.6 is 0 Å². The van der Waals surface area contributed by atoms with Crippen LogP contribution < -0.4 is 5.32 Å². The van der Waals surface area contributed by atoms with Gasteiger partial charge in [-0.2, -0.15) is 0 Å². The fraction of sp³-hybridized carbons (Fsp3) is 0.867. The van der Waals surface area contributed by atoms with Gasteiger partial charge in [-0.1, -0.05) is 41.5 Å². The second-order valence-corrected chi connectivity index (χ2v) is 6.66. The fourth-order valence-electron chi connectivity index (χ4n) is 2.06. The number of nitrogens with zero attached hydrogens (tertiary/aromatic N) is 1. The average Bonchev–Trinajstić information content (AvgIpc) is 2.24. The number of hydrogen-bond acceptors (Lipinski definition) is 2. The van der Waals surface area contributed by atoms with Gasteiger partial charge in [0, 0.05) is 13.1 Å². The molecule has 0 aromatic rings. The average molecular weight is 286 g/mol. The van der Waals surface area contributed by atoms with Crippen LogP contribution in [0.15, 0.2) is 0 Å². The summed E-state index contributed by atoms with van der Waals surface area (Å²) in [7, 11) is 0. The van der Waals surface area contributed by atoms with E-state index >= 15 is 0 Å². The van der Waals surface area contributed by atoms with E-state index in [4.69, 9.17) is 0 Å². The number of carbonyl (C=O) groups is 2. The lowest BCUT2D eigenvalue weighted by atomic mass is 10.0. The molecule has 118 valence electrons. The van der Waals surface area contributed by atoms with E-state index in [-0.39, 0.29) is 11.9 Å². The van der Waals surface area contributed by atoms with Crippen molar-refractivity contribution in [1.29, 1.82) is 0 Å². The fourth-order valence-corrected chi connectivity index (χ4v) is 2.06. The van der Waals surface area contributed by atoms with Gasteiger partial charge in [0.15, 0.2) is 0 Å². The maximum Gasteiger partial charge on any atom is 0.326 e. The number of carboxylic acids is 1. The quantitative estimate of drug-likeness (QED) is 0.721. The number of carbonyl (C=O) groups excluding carboxylic acids is 1. The van der Waals surface area contributed by atoms with Crippen molar-refractivity contribution in [3.63, 3.8) is 0 Å². The lowest BCUT2D eigenvalue weighted by Crippen LogP contribution is -2.50. The first kappa shape index (κ1) is 18.7. The van der Waals surface area contributed by atoms with Crippen molar-refractivity contribution in [2.75, 3.05) is 13.1 Å². The topological polar surface area (TPSA) is 69.6 Å². The molecule has 0 aliphatic heterocycles. The maximum atomic E-state index is 12.3. The Morgan fingerprint density at radius 1 is 0.950 bits per heavy atom. The summed E-state index contributed by atoms with van der Waals surface area (Å²) in [4.78, 5) is 25.2. The van der Waals surface area contributed by atoms with E-state index < -0.39 is 12.0 Å². The second kappa shape index (κ2) is 8.82. The zero-order chi connectivity index (χ0) is 15.9. The highest BCUT2D eigenvalue weighted by atomic mass is 16.4. The number of aliphatic carboxylic acids is 1. The molecule has 0 heterocycles. The number of nitrogens with one attached hydrogen (secondary N) is 1.